The number of hydrogen-bond acceptors (Lipinski definition) is 4. The van der Waals surface area contributed by atoms with Gasteiger partial charge in [-0.2, -0.15) is 0 Å². The average molecular weight is 233 g/mol. The Kier molecular flexibility index (Phi) is 4.23. The molecule has 1 aliphatic rings. The highest BCUT2D eigenvalue weighted by atomic mass is 16.1. The van der Waals surface area contributed by atoms with E-state index in [9.17, 15) is 4.79 Å². The topological polar surface area (TPSA) is 45.2 Å². The molecule has 4 nitrogen and oxygen atoms in total. The minimum atomic E-state index is 0.0167. The monoisotopic (exact) mass is 233 g/mol. The van der Waals surface area contributed by atoms with Crippen molar-refractivity contribution in [3.8, 4) is 0 Å². The highest BCUT2D eigenvalue weighted by Crippen LogP contribution is 2.08. The number of pyridine rings is 1. The van der Waals surface area contributed by atoms with Gasteiger partial charge >= 0.3 is 0 Å². The van der Waals surface area contributed by atoms with Crippen molar-refractivity contribution >= 4 is 5.78 Å². The number of nitrogens with zero attached hydrogens (tertiary/aromatic N) is 2. The van der Waals surface area contributed by atoms with Gasteiger partial charge in [0.25, 0.3) is 0 Å². The van der Waals surface area contributed by atoms with E-state index < -0.39 is 0 Å². The van der Waals surface area contributed by atoms with E-state index in [0.717, 1.165) is 32.7 Å². The van der Waals surface area contributed by atoms with Gasteiger partial charge in [0.1, 0.15) is 5.69 Å². The van der Waals surface area contributed by atoms with Crippen molar-refractivity contribution in [3.05, 3.63) is 30.1 Å². The molecule has 2 rings (SSSR count). The lowest BCUT2D eigenvalue weighted by molar-refractivity contribution is 0.0882. The fraction of sp³-hybridized carbons (Fsp3) is 0.538. The minimum absolute atomic E-state index is 0.0167. The van der Waals surface area contributed by atoms with E-state index in [-0.39, 0.29) is 11.7 Å². The lowest BCUT2D eigenvalue weighted by Gasteiger charge is -2.29. The molecule has 0 bridgehead atoms. The van der Waals surface area contributed by atoms with Crippen LogP contribution in [-0.2, 0) is 0 Å². The Morgan fingerprint density at radius 2 is 2.24 bits per heavy atom. The van der Waals surface area contributed by atoms with Crippen molar-refractivity contribution in [1.82, 2.24) is 15.2 Å². The fourth-order valence-electron chi connectivity index (χ4n) is 2.12. The number of ketones is 1. The lowest BCUT2D eigenvalue weighted by Crippen LogP contribution is -2.45. The number of Topliss-reactive ketones (excluding diaryl/α,β-unsaturated/α-hetero) is 1. The lowest BCUT2D eigenvalue weighted by atomic mass is 10.0. The normalized spacial score (nSPS) is 18.9. The third kappa shape index (κ3) is 3.35. The molecule has 0 aliphatic carbocycles. The summed E-state index contributed by atoms with van der Waals surface area (Å²) in [4.78, 5) is 18.6. The van der Waals surface area contributed by atoms with Gasteiger partial charge in [-0.05, 0) is 12.1 Å². The van der Waals surface area contributed by atoms with Crippen molar-refractivity contribution in [2.75, 3.05) is 32.7 Å². The second-order valence-electron chi connectivity index (χ2n) is 4.53. The van der Waals surface area contributed by atoms with Crippen LogP contribution in [0.1, 0.15) is 17.4 Å². The van der Waals surface area contributed by atoms with Gasteiger partial charge < -0.3 is 10.2 Å². The standard InChI is InChI=1S/C13H19N3O/c1-11(10-16-8-6-14-7-9-16)13(17)12-4-2-3-5-15-12/h2-5,11,14H,6-10H2,1H3. The number of nitrogens with one attached hydrogen (secondary N) is 1. The summed E-state index contributed by atoms with van der Waals surface area (Å²) in [5.41, 5.74) is 0.579. The van der Waals surface area contributed by atoms with Gasteiger partial charge in [0.15, 0.2) is 5.78 Å². The molecular weight excluding hydrogens is 214 g/mol. The van der Waals surface area contributed by atoms with Crippen LogP contribution in [-0.4, -0.2) is 48.4 Å². The number of aromatic nitrogens is 1. The van der Waals surface area contributed by atoms with Crippen molar-refractivity contribution in [1.29, 1.82) is 0 Å². The van der Waals surface area contributed by atoms with Crippen LogP contribution in [0, 0.1) is 5.92 Å². The Hall–Kier alpha value is -1.26. The van der Waals surface area contributed by atoms with Crippen molar-refractivity contribution < 1.29 is 4.79 Å². The van der Waals surface area contributed by atoms with E-state index in [4.69, 9.17) is 0 Å². The predicted molar refractivity (Wildman–Crippen MR) is 67.0 cm³/mol. The molecule has 0 saturated carbocycles. The molecule has 92 valence electrons. The third-order valence-electron chi connectivity index (χ3n) is 3.11. The van der Waals surface area contributed by atoms with E-state index in [1.54, 1.807) is 12.3 Å². The number of piperazine rings is 1. The molecular formula is C13H19N3O. The van der Waals surface area contributed by atoms with Crippen LogP contribution in [0.4, 0.5) is 0 Å². The number of carbonyl (C=O) groups is 1. The molecule has 0 spiro atoms. The molecule has 1 aromatic rings. The Morgan fingerprint density at radius 3 is 2.88 bits per heavy atom. The molecule has 4 heteroatoms. The Balaban J connectivity index is 1.91. The van der Waals surface area contributed by atoms with Crippen LogP contribution < -0.4 is 5.32 Å². The summed E-state index contributed by atoms with van der Waals surface area (Å²) in [5, 5.41) is 3.31. The maximum Gasteiger partial charge on any atom is 0.185 e. The molecule has 1 atom stereocenters. The molecule has 1 saturated heterocycles. The first-order valence-corrected chi connectivity index (χ1v) is 6.15. The average Bonchev–Trinajstić information content (AvgIpc) is 2.40. The molecule has 2 heterocycles. The van der Waals surface area contributed by atoms with E-state index in [1.807, 2.05) is 19.1 Å². The maximum absolute atomic E-state index is 12.1. The molecule has 1 N–H and O–H groups in total. The largest absolute Gasteiger partial charge is 0.314 e. The minimum Gasteiger partial charge on any atom is -0.314 e. The van der Waals surface area contributed by atoms with Gasteiger partial charge in [-0.1, -0.05) is 13.0 Å². The van der Waals surface area contributed by atoms with E-state index in [2.05, 4.69) is 15.2 Å². The molecule has 1 aliphatic heterocycles. The van der Waals surface area contributed by atoms with Gasteiger partial charge in [0.05, 0.1) is 0 Å². The highest BCUT2D eigenvalue weighted by Gasteiger charge is 2.20. The Labute approximate surface area is 102 Å². The predicted octanol–water partition coefficient (Wildman–Crippen LogP) is 0.806. The zero-order valence-corrected chi connectivity index (χ0v) is 10.2. The number of rotatable bonds is 4. The summed E-state index contributed by atoms with van der Waals surface area (Å²) in [6.07, 6.45) is 1.67. The van der Waals surface area contributed by atoms with Gasteiger partial charge in [0, 0.05) is 44.8 Å². The Morgan fingerprint density at radius 1 is 1.47 bits per heavy atom. The van der Waals surface area contributed by atoms with Crippen molar-refractivity contribution in [2.24, 2.45) is 5.92 Å². The summed E-state index contributed by atoms with van der Waals surface area (Å²) in [5.74, 6) is 0.159. The fourth-order valence-corrected chi connectivity index (χ4v) is 2.12. The van der Waals surface area contributed by atoms with Crippen LogP contribution in [0.2, 0.25) is 0 Å². The quantitative estimate of drug-likeness (QED) is 0.782. The van der Waals surface area contributed by atoms with Crippen LogP contribution in [0.25, 0.3) is 0 Å². The molecule has 1 aromatic heterocycles. The second-order valence-corrected chi connectivity index (χ2v) is 4.53. The third-order valence-corrected chi connectivity index (χ3v) is 3.11. The maximum atomic E-state index is 12.1. The molecule has 0 aromatic carbocycles. The summed E-state index contributed by atoms with van der Waals surface area (Å²) in [7, 11) is 0. The summed E-state index contributed by atoms with van der Waals surface area (Å²) in [6.45, 7) is 6.91. The van der Waals surface area contributed by atoms with Crippen LogP contribution in [0.3, 0.4) is 0 Å². The van der Waals surface area contributed by atoms with E-state index in [1.165, 1.54) is 0 Å². The molecule has 0 radical (unpaired) electrons. The van der Waals surface area contributed by atoms with E-state index in [0.29, 0.717) is 5.69 Å². The first-order valence-electron chi connectivity index (χ1n) is 6.15. The van der Waals surface area contributed by atoms with Gasteiger partial charge in [-0.25, -0.2) is 0 Å². The smallest absolute Gasteiger partial charge is 0.185 e. The zero-order chi connectivity index (χ0) is 12.1. The molecule has 1 unspecified atom stereocenters. The SMILES string of the molecule is CC(CN1CCNCC1)C(=O)c1ccccn1. The number of hydrogen-bond donors (Lipinski definition) is 1. The van der Waals surface area contributed by atoms with Crippen LogP contribution >= 0.6 is 0 Å². The highest BCUT2D eigenvalue weighted by molar-refractivity contribution is 5.95. The summed E-state index contributed by atoms with van der Waals surface area (Å²) < 4.78 is 0. The zero-order valence-electron chi connectivity index (χ0n) is 10.2. The van der Waals surface area contributed by atoms with Gasteiger partial charge in [0.2, 0.25) is 0 Å². The number of carbonyl (C=O) groups excluding carboxylic acids is 1. The van der Waals surface area contributed by atoms with Gasteiger partial charge in [-0.3, -0.25) is 9.78 Å². The van der Waals surface area contributed by atoms with Crippen molar-refractivity contribution in [3.63, 3.8) is 0 Å². The second kappa shape index (κ2) is 5.89. The molecule has 17 heavy (non-hydrogen) atoms. The van der Waals surface area contributed by atoms with E-state index >= 15 is 0 Å². The Bertz CT molecular complexity index is 360. The van der Waals surface area contributed by atoms with Gasteiger partial charge in [-0.15, -0.1) is 0 Å². The summed E-state index contributed by atoms with van der Waals surface area (Å²) >= 11 is 0. The summed E-state index contributed by atoms with van der Waals surface area (Å²) in [6, 6.07) is 5.48. The first kappa shape index (κ1) is 12.2. The first-order chi connectivity index (χ1) is 8.27. The molecule has 0 amide bonds. The van der Waals surface area contributed by atoms with Crippen LogP contribution in [0.15, 0.2) is 24.4 Å². The van der Waals surface area contributed by atoms with Crippen molar-refractivity contribution in [2.45, 2.75) is 6.92 Å². The van der Waals surface area contributed by atoms with Crippen LogP contribution in [0.5, 0.6) is 0 Å². The molecule has 1 fully saturated rings.